The van der Waals surface area contributed by atoms with Crippen molar-refractivity contribution < 1.29 is 4.74 Å². The van der Waals surface area contributed by atoms with E-state index >= 15 is 0 Å². The molecule has 0 aromatic heterocycles. The van der Waals surface area contributed by atoms with Crippen LogP contribution in [-0.2, 0) is 0 Å². The summed E-state index contributed by atoms with van der Waals surface area (Å²) < 4.78 is 8.20. The van der Waals surface area contributed by atoms with E-state index in [1.165, 1.54) is 5.56 Å². The summed E-state index contributed by atoms with van der Waals surface area (Å²) in [5.74, 6) is 1.72. The molecule has 4 heteroatoms. The second kappa shape index (κ2) is 7.12. The Morgan fingerprint density at radius 1 is 0.571 bits per heavy atom. The number of hydrogen-bond donors (Lipinski definition) is 0. The largest absolute Gasteiger partial charge is 0.453 e. The monoisotopic (exact) mass is 491 g/mol. The van der Waals surface area contributed by atoms with E-state index in [2.05, 4.69) is 85.3 Å². The van der Waals surface area contributed by atoms with Gasteiger partial charge in [0.05, 0.1) is 11.4 Å². The molecule has 4 aromatic rings. The van der Waals surface area contributed by atoms with Gasteiger partial charge >= 0.3 is 0 Å². The number of hydrogen-bond acceptors (Lipinski definition) is 2. The Balaban J connectivity index is 1.60. The second-order valence-electron chi connectivity index (χ2n) is 6.58. The van der Waals surface area contributed by atoms with Crippen LogP contribution in [0.4, 0.5) is 17.1 Å². The van der Waals surface area contributed by atoms with Gasteiger partial charge in [-0.2, -0.15) is 0 Å². The van der Waals surface area contributed by atoms with E-state index in [-0.39, 0.29) is 0 Å². The summed E-state index contributed by atoms with van der Waals surface area (Å²) >= 11 is 7.14. The predicted octanol–water partition coefficient (Wildman–Crippen LogP) is 8.45. The first-order valence-electron chi connectivity index (χ1n) is 8.92. The second-order valence-corrected chi connectivity index (χ2v) is 8.41. The van der Waals surface area contributed by atoms with Gasteiger partial charge in [-0.25, -0.2) is 0 Å². The van der Waals surface area contributed by atoms with Crippen molar-refractivity contribution in [2.24, 2.45) is 0 Å². The molecule has 0 fully saturated rings. The van der Waals surface area contributed by atoms with Crippen molar-refractivity contribution in [1.29, 1.82) is 0 Å². The number of anilines is 3. The molecule has 136 valence electrons. The standard InChI is InChI=1S/C24H15Br2NO/c25-18-13-17(14-19(26)15-18)16-9-11-20(12-10-16)27-21-5-1-3-7-23(21)28-24-8-4-2-6-22(24)27/h1-15H. The average molecular weight is 493 g/mol. The highest BCUT2D eigenvalue weighted by Gasteiger charge is 2.24. The Morgan fingerprint density at radius 2 is 1.11 bits per heavy atom. The minimum absolute atomic E-state index is 0.862. The van der Waals surface area contributed by atoms with Gasteiger partial charge in [0.15, 0.2) is 11.5 Å². The number of nitrogens with zero attached hydrogens (tertiary/aromatic N) is 1. The molecule has 0 radical (unpaired) electrons. The minimum atomic E-state index is 0.862. The maximum absolute atomic E-state index is 6.10. The SMILES string of the molecule is Brc1cc(Br)cc(-c2ccc(N3c4ccccc4Oc4ccccc43)cc2)c1. The number of benzene rings is 4. The lowest BCUT2D eigenvalue weighted by Gasteiger charge is -2.32. The van der Waals surface area contributed by atoms with Crippen LogP contribution < -0.4 is 9.64 Å². The zero-order valence-corrected chi connectivity index (χ0v) is 17.9. The molecule has 1 heterocycles. The van der Waals surface area contributed by atoms with Gasteiger partial charge in [0.1, 0.15) is 0 Å². The third kappa shape index (κ3) is 3.13. The van der Waals surface area contributed by atoms with Crippen molar-refractivity contribution in [3.63, 3.8) is 0 Å². The summed E-state index contributed by atoms with van der Waals surface area (Å²) in [6, 6.07) is 31.2. The molecule has 0 atom stereocenters. The lowest BCUT2D eigenvalue weighted by molar-refractivity contribution is 0.477. The van der Waals surface area contributed by atoms with Crippen molar-refractivity contribution in [3.8, 4) is 22.6 Å². The molecule has 0 spiro atoms. The highest BCUT2D eigenvalue weighted by Crippen LogP contribution is 2.50. The van der Waals surface area contributed by atoms with Crippen LogP contribution in [0.3, 0.4) is 0 Å². The van der Waals surface area contributed by atoms with E-state index in [1.54, 1.807) is 0 Å². The topological polar surface area (TPSA) is 12.5 Å². The van der Waals surface area contributed by atoms with Gasteiger partial charge in [0, 0.05) is 14.6 Å². The van der Waals surface area contributed by atoms with E-state index in [9.17, 15) is 0 Å². The summed E-state index contributed by atoms with van der Waals surface area (Å²) in [7, 11) is 0. The molecule has 0 bridgehead atoms. The van der Waals surface area contributed by atoms with E-state index in [0.717, 1.165) is 43.1 Å². The van der Waals surface area contributed by atoms with Gasteiger partial charge in [-0.1, -0.05) is 68.3 Å². The average Bonchev–Trinajstić information content (AvgIpc) is 2.71. The van der Waals surface area contributed by atoms with E-state index in [4.69, 9.17) is 4.74 Å². The van der Waals surface area contributed by atoms with Crippen molar-refractivity contribution in [2.45, 2.75) is 0 Å². The van der Waals surface area contributed by atoms with E-state index in [1.807, 2.05) is 42.5 Å². The fraction of sp³-hybridized carbons (Fsp3) is 0. The van der Waals surface area contributed by atoms with Crippen molar-refractivity contribution in [1.82, 2.24) is 0 Å². The molecule has 5 rings (SSSR count). The molecule has 2 nitrogen and oxygen atoms in total. The lowest BCUT2D eigenvalue weighted by Crippen LogP contribution is -2.15. The van der Waals surface area contributed by atoms with Crippen LogP contribution in [0.25, 0.3) is 11.1 Å². The molecule has 1 aliphatic heterocycles. The Hall–Kier alpha value is -2.56. The molecule has 28 heavy (non-hydrogen) atoms. The quantitative estimate of drug-likeness (QED) is 0.245. The molecule has 0 amide bonds. The molecule has 4 aromatic carbocycles. The van der Waals surface area contributed by atoms with Gasteiger partial charge in [0.25, 0.3) is 0 Å². The number of rotatable bonds is 2. The zero-order chi connectivity index (χ0) is 19.1. The van der Waals surface area contributed by atoms with Crippen LogP contribution in [-0.4, -0.2) is 0 Å². The van der Waals surface area contributed by atoms with Crippen LogP contribution in [0.15, 0.2) is 99.9 Å². The Labute approximate surface area is 180 Å². The summed E-state index contributed by atoms with van der Waals surface area (Å²) in [5, 5.41) is 0. The van der Waals surface area contributed by atoms with Gasteiger partial charge in [-0.15, -0.1) is 0 Å². The van der Waals surface area contributed by atoms with Crippen LogP contribution in [0.5, 0.6) is 11.5 Å². The number of halogens is 2. The summed E-state index contributed by atoms with van der Waals surface area (Å²) in [5.41, 5.74) is 5.51. The summed E-state index contributed by atoms with van der Waals surface area (Å²) in [6.45, 7) is 0. The maximum Gasteiger partial charge on any atom is 0.151 e. The third-order valence-corrected chi connectivity index (χ3v) is 5.67. The number of fused-ring (bicyclic) bond motifs is 2. The van der Waals surface area contributed by atoms with Crippen LogP contribution in [0.1, 0.15) is 0 Å². The van der Waals surface area contributed by atoms with Crippen molar-refractivity contribution >= 4 is 48.9 Å². The molecule has 1 aliphatic rings. The van der Waals surface area contributed by atoms with Crippen LogP contribution in [0, 0.1) is 0 Å². The van der Waals surface area contributed by atoms with Crippen molar-refractivity contribution in [3.05, 3.63) is 99.9 Å². The number of para-hydroxylation sites is 4. The molecular weight excluding hydrogens is 478 g/mol. The number of ether oxygens (including phenoxy) is 1. The van der Waals surface area contributed by atoms with E-state index in [0.29, 0.717) is 0 Å². The molecular formula is C24H15Br2NO. The first kappa shape index (κ1) is 17.5. The van der Waals surface area contributed by atoms with Gasteiger partial charge in [-0.05, 0) is 65.7 Å². The maximum atomic E-state index is 6.10. The fourth-order valence-electron chi connectivity index (χ4n) is 3.51. The molecule has 0 saturated carbocycles. The van der Waals surface area contributed by atoms with E-state index < -0.39 is 0 Å². The minimum Gasteiger partial charge on any atom is -0.453 e. The van der Waals surface area contributed by atoms with Crippen LogP contribution >= 0.6 is 31.9 Å². The third-order valence-electron chi connectivity index (χ3n) is 4.75. The normalized spacial score (nSPS) is 12.1. The smallest absolute Gasteiger partial charge is 0.151 e. The highest BCUT2D eigenvalue weighted by molar-refractivity contribution is 9.11. The highest BCUT2D eigenvalue weighted by atomic mass is 79.9. The first-order valence-corrected chi connectivity index (χ1v) is 10.5. The lowest BCUT2D eigenvalue weighted by atomic mass is 10.0. The summed E-state index contributed by atoms with van der Waals surface area (Å²) in [6.07, 6.45) is 0. The fourth-order valence-corrected chi connectivity index (χ4v) is 4.80. The Bertz CT molecular complexity index is 1110. The molecule has 0 N–H and O–H groups in total. The van der Waals surface area contributed by atoms with Crippen LogP contribution in [0.2, 0.25) is 0 Å². The summed E-state index contributed by atoms with van der Waals surface area (Å²) in [4.78, 5) is 2.24. The van der Waals surface area contributed by atoms with Gasteiger partial charge in [-0.3, -0.25) is 0 Å². The van der Waals surface area contributed by atoms with Gasteiger partial charge in [0.2, 0.25) is 0 Å². The molecule has 0 saturated heterocycles. The Morgan fingerprint density at radius 3 is 1.68 bits per heavy atom. The first-order chi connectivity index (χ1) is 13.7. The molecule has 0 aliphatic carbocycles. The van der Waals surface area contributed by atoms with Crippen molar-refractivity contribution in [2.75, 3.05) is 4.90 Å². The molecule has 0 unspecified atom stereocenters. The zero-order valence-electron chi connectivity index (χ0n) is 14.8. The Kier molecular flexibility index (Phi) is 4.46. The predicted molar refractivity (Wildman–Crippen MR) is 122 cm³/mol. The van der Waals surface area contributed by atoms with Gasteiger partial charge < -0.3 is 9.64 Å².